The highest BCUT2D eigenvalue weighted by molar-refractivity contribution is 6.05. The first-order chi connectivity index (χ1) is 26.4. The van der Waals surface area contributed by atoms with Crippen LogP contribution in [-0.2, 0) is 22.6 Å². The fourth-order valence-electron chi connectivity index (χ4n) is 9.54. The summed E-state index contributed by atoms with van der Waals surface area (Å²) in [5.41, 5.74) is 8.08. The van der Waals surface area contributed by atoms with E-state index in [9.17, 15) is 19.5 Å². The zero-order valence-corrected chi connectivity index (χ0v) is 30.6. The maximum Gasteiger partial charge on any atom is 0.255 e. The minimum Gasteiger partial charge on any atom is -0.508 e. The normalized spacial score (nSPS) is 25.5. The standard InChI is InChI=1S/C45H48N4O5/c50-35-11-14-39-31(22-35)8-13-38(29-4-2-1-3-5-29)43(39)30-6-9-34(10-7-30)48-20-18-28(19-21-48)26-46-33-24-37(25-33)54-36-12-15-40-32(23-36)27-49(45(40)53)41-16-17-42(51)47-44(41)52/h1-7,9-12,14-15,22-23,28,33,37-38,41,43,46,50H,8,13,16-21,24-27H2,(H,47,51,52)/t33-,37-,38?,41?,43?. The third-order valence-corrected chi connectivity index (χ3v) is 12.6. The topological polar surface area (TPSA) is 111 Å². The number of anilines is 1. The largest absolute Gasteiger partial charge is 0.508 e. The highest BCUT2D eigenvalue weighted by atomic mass is 16.5. The maximum absolute atomic E-state index is 13.0. The Morgan fingerprint density at radius 1 is 0.796 bits per heavy atom. The first-order valence-corrected chi connectivity index (χ1v) is 19.8. The molecule has 9 rings (SSSR count). The zero-order chi connectivity index (χ0) is 36.8. The molecular formula is C45H48N4O5. The van der Waals surface area contributed by atoms with Crippen molar-refractivity contribution >= 4 is 23.4 Å². The second-order valence-electron chi connectivity index (χ2n) is 16.0. The Hall–Kier alpha value is -5.15. The highest BCUT2D eigenvalue weighted by Crippen LogP contribution is 2.47. The Morgan fingerprint density at radius 3 is 2.37 bits per heavy atom. The van der Waals surface area contributed by atoms with Crippen molar-refractivity contribution in [1.29, 1.82) is 0 Å². The summed E-state index contributed by atoms with van der Waals surface area (Å²) < 4.78 is 6.30. The van der Waals surface area contributed by atoms with Gasteiger partial charge < -0.3 is 25.0 Å². The average molecular weight is 725 g/mol. The van der Waals surface area contributed by atoms with E-state index in [-0.39, 0.29) is 30.3 Å². The van der Waals surface area contributed by atoms with Crippen LogP contribution in [0, 0.1) is 5.92 Å². The van der Waals surface area contributed by atoms with Crippen molar-refractivity contribution in [2.45, 2.75) is 87.9 Å². The van der Waals surface area contributed by atoms with Gasteiger partial charge in [-0.2, -0.15) is 0 Å². The van der Waals surface area contributed by atoms with E-state index in [1.807, 2.05) is 24.3 Å². The van der Waals surface area contributed by atoms with E-state index in [1.54, 1.807) is 11.0 Å². The van der Waals surface area contributed by atoms with Gasteiger partial charge in [0, 0.05) is 49.3 Å². The number of hydrogen-bond acceptors (Lipinski definition) is 7. The monoisotopic (exact) mass is 724 g/mol. The minimum atomic E-state index is -0.610. The first-order valence-electron chi connectivity index (χ1n) is 19.8. The van der Waals surface area contributed by atoms with Crippen LogP contribution in [0.2, 0.25) is 0 Å². The third kappa shape index (κ3) is 6.86. The lowest BCUT2D eigenvalue weighted by atomic mass is 9.69. The number of carbonyl (C=O) groups is 3. The van der Waals surface area contributed by atoms with Gasteiger partial charge in [-0.15, -0.1) is 0 Å². The Bertz CT molecular complexity index is 2040. The van der Waals surface area contributed by atoms with Crippen LogP contribution in [0.3, 0.4) is 0 Å². The molecule has 3 heterocycles. The van der Waals surface area contributed by atoms with Crippen LogP contribution >= 0.6 is 0 Å². The van der Waals surface area contributed by atoms with Crippen molar-refractivity contribution in [3.05, 3.63) is 124 Å². The molecule has 278 valence electrons. The first kappa shape index (κ1) is 34.6. The predicted molar refractivity (Wildman–Crippen MR) is 207 cm³/mol. The summed E-state index contributed by atoms with van der Waals surface area (Å²) in [6.07, 6.45) is 7.05. The molecule has 2 saturated heterocycles. The molecule has 0 aromatic heterocycles. The van der Waals surface area contributed by atoms with Crippen LogP contribution in [0.25, 0.3) is 0 Å². The lowest BCUT2D eigenvalue weighted by Gasteiger charge is -2.39. The lowest BCUT2D eigenvalue weighted by molar-refractivity contribution is -0.136. The van der Waals surface area contributed by atoms with Crippen LogP contribution in [0.1, 0.15) is 95.0 Å². The third-order valence-electron chi connectivity index (χ3n) is 12.6. The summed E-state index contributed by atoms with van der Waals surface area (Å²) in [6.45, 7) is 3.50. The quantitative estimate of drug-likeness (QED) is 0.171. The molecule has 3 aliphatic heterocycles. The van der Waals surface area contributed by atoms with Gasteiger partial charge in [-0.1, -0.05) is 48.5 Å². The van der Waals surface area contributed by atoms with Crippen molar-refractivity contribution in [3.63, 3.8) is 0 Å². The molecule has 3 amide bonds. The van der Waals surface area contributed by atoms with Crippen LogP contribution in [0.4, 0.5) is 5.69 Å². The average Bonchev–Trinajstić information content (AvgIpc) is 3.50. The molecule has 9 heteroatoms. The molecular weight excluding hydrogens is 677 g/mol. The minimum absolute atomic E-state index is 0.144. The molecule has 3 unspecified atom stereocenters. The Morgan fingerprint density at radius 2 is 1.59 bits per heavy atom. The number of benzene rings is 4. The molecule has 3 N–H and O–H groups in total. The van der Waals surface area contributed by atoms with Crippen molar-refractivity contribution in [2.24, 2.45) is 5.92 Å². The molecule has 4 aromatic carbocycles. The molecule has 4 aromatic rings. The molecule has 3 fully saturated rings. The van der Waals surface area contributed by atoms with Gasteiger partial charge in [0.2, 0.25) is 11.8 Å². The second-order valence-corrected chi connectivity index (χ2v) is 16.0. The fourth-order valence-corrected chi connectivity index (χ4v) is 9.54. The number of imide groups is 1. The van der Waals surface area contributed by atoms with Crippen molar-refractivity contribution < 1.29 is 24.2 Å². The van der Waals surface area contributed by atoms with Gasteiger partial charge >= 0.3 is 0 Å². The van der Waals surface area contributed by atoms with Crippen molar-refractivity contribution in [1.82, 2.24) is 15.5 Å². The predicted octanol–water partition coefficient (Wildman–Crippen LogP) is 6.43. The van der Waals surface area contributed by atoms with Crippen LogP contribution in [0.15, 0.2) is 91.0 Å². The number of aromatic hydroxyl groups is 1. The van der Waals surface area contributed by atoms with Crippen LogP contribution in [-0.4, -0.2) is 65.5 Å². The summed E-state index contributed by atoms with van der Waals surface area (Å²) >= 11 is 0. The van der Waals surface area contributed by atoms with Gasteiger partial charge in [0.25, 0.3) is 5.91 Å². The van der Waals surface area contributed by atoms with E-state index in [4.69, 9.17) is 4.74 Å². The molecule has 0 bridgehead atoms. The number of ether oxygens (including phenoxy) is 1. The van der Waals surface area contributed by atoms with Gasteiger partial charge in [-0.25, -0.2) is 0 Å². The van der Waals surface area contributed by atoms with Gasteiger partial charge in [0.1, 0.15) is 23.6 Å². The number of amides is 3. The molecule has 0 spiro atoms. The molecule has 0 radical (unpaired) electrons. The molecule has 54 heavy (non-hydrogen) atoms. The van der Waals surface area contributed by atoms with Crippen LogP contribution < -0.4 is 20.3 Å². The van der Waals surface area contributed by atoms with E-state index in [1.165, 1.54) is 40.8 Å². The molecule has 9 nitrogen and oxygen atoms in total. The number of carbonyl (C=O) groups excluding carboxylic acids is 3. The summed E-state index contributed by atoms with van der Waals surface area (Å²) in [4.78, 5) is 41.1. The van der Waals surface area contributed by atoms with E-state index in [0.29, 0.717) is 42.2 Å². The van der Waals surface area contributed by atoms with E-state index in [0.717, 1.165) is 56.6 Å². The number of phenols is 1. The molecule has 5 aliphatic rings. The van der Waals surface area contributed by atoms with Crippen molar-refractivity contribution in [3.8, 4) is 11.5 Å². The summed E-state index contributed by atoms with van der Waals surface area (Å²) in [7, 11) is 0. The molecule has 1 saturated carbocycles. The lowest BCUT2D eigenvalue weighted by Crippen LogP contribution is -2.52. The number of piperidine rings is 2. The Labute approximate surface area is 316 Å². The van der Waals surface area contributed by atoms with Gasteiger partial charge in [-0.3, -0.25) is 19.7 Å². The SMILES string of the molecule is O=C1CCC(N2Cc3cc(O[C@H]4C[C@H](NCC5CCN(c6ccc(C7c8ccc(O)cc8CCC7c7ccccc7)cc6)CC5)C4)ccc3C2=O)C(=O)N1. The van der Waals surface area contributed by atoms with E-state index < -0.39 is 11.9 Å². The summed E-state index contributed by atoms with van der Waals surface area (Å²) in [5, 5.41) is 16.4. The number of hydrogen-bond donors (Lipinski definition) is 3. The number of fused-ring (bicyclic) bond motifs is 2. The number of aryl methyl sites for hydroxylation is 1. The Kier molecular flexibility index (Phi) is 9.35. The fraction of sp³-hybridized carbons (Fsp3) is 0.400. The zero-order valence-electron chi connectivity index (χ0n) is 30.6. The molecule has 2 aliphatic carbocycles. The number of nitrogens with one attached hydrogen (secondary N) is 2. The van der Waals surface area contributed by atoms with Crippen molar-refractivity contribution in [2.75, 3.05) is 24.5 Å². The summed E-state index contributed by atoms with van der Waals surface area (Å²) in [5.74, 6) is 1.59. The number of nitrogens with zero attached hydrogens (tertiary/aromatic N) is 2. The Balaban J connectivity index is 0.742. The smallest absolute Gasteiger partial charge is 0.255 e. The van der Waals surface area contributed by atoms with E-state index in [2.05, 4.69) is 76.2 Å². The number of rotatable bonds is 9. The maximum atomic E-state index is 13.0. The van der Waals surface area contributed by atoms with Crippen LogP contribution in [0.5, 0.6) is 11.5 Å². The summed E-state index contributed by atoms with van der Waals surface area (Å²) in [6, 6.07) is 31.5. The van der Waals surface area contributed by atoms with E-state index >= 15 is 0 Å². The highest BCUT2D eigenvalue weighted by Gasteiger charge is 2.40. The number of phenolic OH excluding ortho intramolecular Hbond substituents is 1. The molecule has 3 atom stereocenters. The second kappa shape index (κ2) is 14.6. The van der Waals surface area contributed by atoms with Gasteiger partial charge in [0.15, 0.2) is 0 Å². The van der Waals surface area contributed by atoms with Gasteiger partial charge in [-0.05, 0) is 134 Å². The van der Waals surface area contributed by atoms with Gasteiger partial charge in [0.05, 0.1) is 0 Å².